The fourth-order valence-corrected chi connectivity index (χ4v) is 1.76. The summed E-state index contributed by atoms with van der Waals surface area (Å²) < 4.78 is 26.1. The lowest BCUT2D eigenvalue weighted by Gasteiger charge is -2.07. The Hall–Kier alpha value is -1.60. The maximum atomic E-state index is 10.9. The Morgan fingerprint density at radius 1 is 1.50 bits per heavy atom. The first-order valence-electron chi connectivity index (χ1n) is 4.41. The highest BCUT2D eigenvalue weighted by Crippen LogP contribution is 2.16. The van der Waals surface area contributed by atoms with E-state index in [1.165, 1.54) is 25.3 Å². The van der Waals surface area contributed by atoms with E-state index in [0.717, 1.165) is 0 Å². The average molecular weight is 244 g/mol. The van der Waals surface area contributed by atoms with Crippen molar-refractivity contribution < 1.29 is 17.9 Å². The average Bonchev–Trinajstić information content (AvgIpc) is 2.28. The summed E-state index contributed by atoms with van der Waals surface area (Å²) in [5.74, 6) is 0. The molecule has 0 heterocycles. The second kappa shape index (κ2) is 5.47. The molecule has 0 aliphatic carbocycles. The van der Waals surface area contributed by atoms with Crippen molar-refractivity contribution in [3.8, 4) is 0 Å². The van der Waals surface area contributed by atoms with Gasteiger partial charge in [-0.2, -0.15) is 0 Å². The van der Waals surface area contributed by atoms with Crippen molar-refractivity contribution in [3.63, 3.8) is 0 Å². The molecule has 0 unspecified atom stereocenters. The number of benzene rings is 1. The number of methoxy groups -OCH3 is 1. The van der Waals surface area contributed by atoms with Gasteiger partial charge in [-0.15, -0.1) is 0 Å². The van der Waals surface area contributed by atoms with Crippen molar-refractivity contribution >= 4 is 22.5 Å². The number of amides is 1. The first-order chi connectivity index (χ1) is 7.58. The fourth-order valence-electron chi connectivity index (χ4n) is 1.17. The zero-order valence-electron chi connectivity index (χ0n) is 8.60. The van der Waals surface area contributed by atoms with Gasteiger partial charge >= 0.3 is 6.09 Å². The number of nitrogens with two attached hydrogens (primary N) is 1. The summed E-state index contributed by atoms with van der Waals surface area (Å²) in [6, 6.07) is 4.35. The molecule has 1 aromatic carbocycles. The molecular weight excluding hydrogens is 232 g/mol. The molecule has 0 bridgehead atoms. The van der Waals surface area contributed by atoms with Crippen molar-refractivity contribution in [1.82, 2.24) is 0 Å². The van der Waals surface area contributed by atoms with Crippen LogP contribution in [0.5, 0.6) is 0 Å². The number of ether oxygens (including phenoxy) is 1. The van der Waals surface area contributed by atoms with Gasteiger partial charge in [-0.1, -0.05) is 0 Å². The van der Waals surface area contributed by atoms with E-state index in [0.29, 0.717) is 11.3 Å². The zero-order valence-corrected chi connectivity index (χ0v) is 9.49. The summed E-state index contributed by atoms with van der Waals surface area (Å²) in [6.45, 7) is 0.0787. The van der Waals surface area contributed by atoms with Crippen LogP contribution in [0.3, 0.4) is 0 Å². The highest BCUT2D eigenvalue weighted by Gasteiger charge is 2.06. The third-order valence-electron chi connectivity index (χ3n) is 1.93. The summed E-state index contributed by atoms with van der Waals surface area (Å²) in [5, 5.41) is 2.42. The monoisotopic (exact) mass is 244 g/mol. The van der Waals surface area contributed by atoms with Crippen LogP contribution in [0.25, 0.3) is 0 Å². The Kier molecular flexibility index (Phi) is 4.27. The molecule has 88 valence electrons. The molecule has 1 aromatic rings. The fraction of sp³-hybridized carbons (Fsp3) is 0.222. The van der Waals surface area contributed by atoms with E-state index in [4.69, 9.17) is 5.73 Å². The Morgan fingerprint density at radius 2 is 2.19 bits per heavy atom. The molecule has 0 aliphatic rings. The Balaban J connectivity index is 3.04. The van der Waals surface area contributed by atoms with Crippen molar-refractivity contribution in [1.29, 1.82) is 0 Å². The van der Waals surface area contributed by atoms with Crippen LogP contribution in [0.15, 0.2) is 23.1 Å². The SMILES string of the molecule is COC(=O)Nc1ccc([SH](=O)=O)c(CN)c1. The molecule has 0 saturated carbocycles. The molecule has 0 aromatic heterocycles. The predicted octanol–water partition coefficient (Wildman–Crippen LogP) is 0.294. The third-order valence-corrected chi connectivity index (χ3v) is 2.76. The summed E-state index contributed by atoms with van der Waals surface area (Å²) in [7, 11) is -1.44. The number of rotatable bonds is 3. The highest BCUT2D eigenvalue weighted by atomic mass is 32.2. The van der Waals surface area contributed by atoms with Gasteiger partial charge in [0, 0.05) is 12.2 Å². The van der Waals surface area contributed by atoms with E-state index in [-0.39, 0.29) is 11.4 Å². The summed E-state index contributed by atoms with van der Waals surface area (Å²) >= 11 is 0. The van der Waals surface area contributed by atoms with Crippen molar-refractivity contribution in [2.75, 3.05) is 12.4 Å². The van der Waals surface area contributed by atoms with Gasteiger partial charge in [0.1, 0.15) is 0 Å². The first kappa shape index (κ1) is 12.5. The molecule has 7 heteroatoms. The van der Waals surface area contributed by atoms with Crippen LogP contribution in [-0.2, 0) is 22.0 Å². The standard InChI is InChI=1S/C9H12N2O4S/c1-15-9(12)11-7-2-3-8(16(13)14)6(4-7)5-10/h2-4,16H,5,10H2,1H3,(H,11,12). The smallest absolute Gasteiger partial charge is 0.411 e. The maximum absolute atomic E-state index is 10.9. The highest BCUT2D eigenvalue weighted by molar-refractivity contribution is 7.72. The number of anilines is 1. The number of nitrogens with one attached hydrogen (secondary N) is 1. The Bertz CT molecular complexity index is 463. The minimum Gasteiger partial charge on any atom is -0.453 e. The van der Waals surface area contributed by atoms with Crippen LogP contribution in [0.1, 0.15) is 5.56 Å². The first-order valence-corrected chi connectivity index (χ1v) is 5.58. The molecule has 0 fully saturated rings. The summed E-state index contributed by atoms with van der Waals surface area (Å²) in [4.78, 5) is 11.1. The number of carbonyl (C=O) groups is 1. The molecule has 0 saturated heterocycles. The molecule has 1 amide bonds. The molecular formula is C9H12N2O4S. The van der Waals surface area contributed by atoms with Crippen molar-refractivity contribution in [2.24, 2.45) is 5.73 Å². The third kappa shape index (κ3) is 2.94. The molecule has 0 aliphatic heterocycles. The number of carbonyl (C=O) groups excluding carboxylic acids is 1. The van der Waals surface area contributed by atoms with Crippen molar-refractivity contribution in [2.45, 2.75) is 11.4 Å². The van der Waals surface area contributed by atoms with Crippen LogP contribution < -0.4 is 11.1 Å². The lowest BCUT2D eigenvalue weighted by Crippen LogP contribution is -2.11. The number of thiol groups is 1. The van der Waals surface area contributed by atoms with Crippen LogP contribution in [-0.4, -0.2) is 21.6 Å². The van der Waals surface area contributed by atoms with E-state index in [2.05, 4.69) is 10.1 Å². The second-order valence-electron chi connectivity index (χ2n) is 2.92. The van der Waals surface area contributed by atoms with Gasteiger partial charge in [-0.3, -0.25) is 5.32 Å². The van der Waals surface area contributed by atoms with E-state index in [9.17, 15) is 13.2 Å². The quantitative estimate of drug-likeness (QED) is 0.664. The lowest BCUT2D eigenvalue weighted by molar-refractivity contribution is 0.187. The van der Waals surface area contributed by atoms with E-state index in [1.807, 2.05) is 0 Å². The van der Waals surface area contributed by atoms with Gasteiger partial charge < -0.3 is 10.5 Å². The van der Waals surface area contributed by atoms with Crippen LogP contribution in [0.2, 0.25) is 0 Å². The molecule has 0 radical (unpaired) electrons. The number of hydrogen-bond donors (Lipinski definition) is 3. The van der Waals surface area contributed by atoms with Crippen LogP contribution in [0.4, 0.5) is 10.5 Å². The second-order valence-corrected chi connectivity index (χ2v) is 3.92. The normalized spacial score (nSPS) is 10.2. The largest absolute Gasteiger partial charge is 0.453 e. The molecule has 3 N–H and O–H groups in total. The van der Waals surface area contributed by atoms with Gasteiger partial charge in [-0.25, -0.2) is 13.2 Å². The van der Waals surface area contributed by atoms with Gasteiger partial charge in [0.2, 0.25) is 0 Å². The molecule has 6 nitrogen and oxygen atoms in total. The van der Waals surface area contributed by atoms with Crippen LogP contribution in [0, 0.1) is 0 Å². The Morgan fingerprint density at radius 3 is 2.69 bits per heavy atom. The van der Waals surface area contributed by atoms with E-state index < -0.39 is 16.8 Å². The molecule has 0 atom stereocenters. The van der Waals surface area contributed by atoms with E-state index >= 15 is 0 Å². The number of hydrogen-bond acceptors (Lipinski definition) is 5. The minimum atomic E-state index is -2.68. The molecule has 1 rings (SSSR count). The minimum absolute atomic E-state index is 0.0787. The zero-order chi connectivity index (χ0) is 12.1. The van der Waals surface area contributed by atoms with Gasteiger partial charge in [0.25, 0.3) is 0 Å². The van der Waals surface area contributed by atoms with Gasteiger partial charge in [-0.05, 0) is 23.8 Å². The van der Waals surface area contributed by atoms with Crippen LogP contribution >= 0.6 is 0 Å². The Labute approximate surface area is 94.3 Å². The van der Waals surface area contributed by atoms with E-state index in [1.54, 1.807) is 0 Å². The van der Waals surface area contributed by atoms with Gasteiger partial charge in [0.15, 0.2) is 10.7 Å². The van der Waals surface area contributed by atoms with Gasteiger partial charge in [0.05, 0.1) is 12.0 Å². The predicted molar refractivity (Wildman–Crippen MR) is 58.9 cm³/mol. The van der Waals surface area contributed by atoms with Crippen molar-refractivity contribution in [3.05, 3.63) is 23.8 Å². The summed E-state index contributed by atoms with van der Waals surface area (Å²) in [5.41, 5.74) is 6.30. The maximum Gasteiger partial charge on any atom is 0.411 e. The molecule has 0 spiro atoms. The topological polar surface area (TPSA) is 98.5 Å². The summed E-state index contributed by atoms with van der Waals surface area (Å²) in [6.07, 6.45) is -0.623. The lowest BCUT2D eigenvalue weighted by atomic mass is 10.2. The molecule has 16 heavy (non-hydrogen) atoms.